The van der Waals surface area contributed by atoms with E-state index < -0.39 is 0 Å². The van der Waals surface area contributed by atoms with Gasteiger partial charge in [-0.15, -0.1) is 0 Å². The van der Waals surface area contributed by atoms with E-state index in [1.54, 1.807) is 4.68 Å². The van der Waals surface area contributed by atoms with Crippen molar-refractivity contribution in [3.63, 3.8) is 0 Å². The molecule has 0 atom stereocenters. The lowest BCUT2D eigenvalue weighted by atomic mass is 10.1. The van der Waals surface area contributed by atoms with Crippen LogP contribution in [-0.4, -0.2) is 30.8 Å². The Morgan fingerprint density at radius 2 is 1.92 bits per heavy atom. The van der Waals surface area contributed by atoms with Gasteiger partial charge in [-0.3, -0.25) is 14.2 Å². The van der Waals surface area contributed by atoms with Gasteiger partial charge in [-0.05, 0) is 32.9 Å². The minimum absolute atomic E-state index is 0.0977. The number of aryl methyl sites for hydroxylation is 1. The minimum atomic E-state index is -0.291. The van der Waals surface area contributed by atoms with Gasteiger partial charge in [0.25, 0.3) is 5.56 Å². The summed E-state index contributed by atoms with van der Waals surface area (Å²) in [6, 6.07) is 9.51. The zero-order valence-corrected chi connectivity index (χ0v) is 14.6. The van der Waals surface area contributed by atoms with Crippen molar-refractivity contribution >= 4 is 16.9 Å². The van der Waals surface area contributed by atoms with Crippen molar-refractivity contribution in [2.45, 2.75) is 39.3 Å². The van der Waals surface area contributed by atoms with E-state index in [0.717, 1.165) is 5.69 Å². The molecule has 1 aromatic carbocycles. The van der Waals surface area contributed by atoms with Crippen LogP contribution in [0.15, 0.2) is 47.7 Å². The van der Waals surface area contributed by atoms with Gasteiger partial charge in [0.15, 0.2) is 5.65 Å². The lowest BCUT2D eigenvalue weighted by molar-refractivity contribution is -0.122. The molecule has 0 saturated heterocycles. The van der Waals surface area contributed by atoms with Crippen LogP contribution in [0.25, 0.3) is 16.7 Å². The van der Waals surface area contributed by atoms with Gasteiger partial charge in [0.05, 0.1) is 18.2 Å². The molecule has 0 bridgehead atoms. The molecule has 0 aliphatic rings. The number of carbonyl (C=O) groups is 1. The average molecular weight is 339 g/mol. The molecular formula is C18H21N5O2. The third-order valence-corrected chi connectivity index (χ3v) is 3.65. The summed E-state index contributed by atoms with van der Waals surface area (Å²) in [5.41, 5.74) is 0.857. The van der Waals surface area contributed by atoms with Crippen LogP contribution in [0.4, 0.5) is 0 Å². The predicted octanol–water partition coefficient (Wildman–Crippen LogP) is 1.89. The summed E-state index contributed by atoms with van der Waals surface area (Å²) in [6.45, 7) is 6.04. The summed E-state index contributed by atoms with van der Waals surface area (Å²) >= 11 is 0. The molecule has 1 N–H and O–H groups in total. The summed E-state index contributed by atoms with van der Waals surface area (Å²) in [4.78, 5) is 28.9. The molecule has 0 radical (unpaired) electrons. The number of nitrogens with one attached hydrogen (secondary N) is 1. The van der Waals surface area contributed by atoms with Gasteiger partial charge in [0, 0.05) is 18.5 Å². The Balaban J connectivity index is 1.84. The Hall–Kier alpha value is -2.96. The summed E-state index contributed by atoms with van der Waals surface area (Å²) in [6.07, 6.45) is 3.21. The monoisotopic (exact) mass is 339 g/mol. The first kappa shape index (κ1) is 16.9. The zero-order valence-electron chi connectivity index (χ0n) is 14.6. The number of fused-ring (bicyclic) bond motifs is 1. The number of aromatic nitrogens is 4. The number of para-hydroxylation sites is 1. The van der Waals surface area contributed by atoms with Gasteiger partial charge >= 0.3 is 0 Å². The average Bonchev–Trinajstić information content (AvgIpc) is 2.98. The predicted molar refractivity (Wildman–Crippen MR) is 95.6 cm³/mol. The maximum atomic E-state index is 12.6. The molecule has 0 spiro atoms. The molecule has 3 rings (SSSR count). The first-order valence-electron chi connectivity index (χ1n) is 8.15. The number of amides is 1. The van der Waals surface area contributed by atoms with Crippen LogP contribution in [0.3, 0.4) is 0 Å². The number of carbonyl (C=O) groups excluding carboxylic acids is 1. The number of nitrogens with zero attached hydrogens (tertiary/aromatic N) is 4. The number of hydrogen-bond donors (Lipinski definition) is 1. The van der Waals surface area contributed by atoms with Gasteiger partial charge in [-0.2, -0.15) is 5.10 Å². The Kier molecular flexibility index (Phi) is 4.39. The van der Waals surface area contributed by atoms with Gasteiger partial charge in [0.2, 0.25) is 5.91 Å². The fourth-order valence-corrected chi connectivity index (χ4v) is 2.57. The van der Waals surface area contributed by atoms with Crippen molar-refractivity contribution < 1.29 is 4.79 Å². The van der Waals surface area contributed by atoms with E-state index in [9.17, 15) is 9.59 Å². The lowest BCUT2D eigenvalue weighted by Gasteiger charge is -2.20. The molecular weight excluding hydrogens is 318 g/mol. The van der Waals surface area contributed by atoms with Crippen molar-refractivity contribution in [3.8, 4) is 5.69 Å². The Labute approximate surface area is 145 Å². The summed E-state index contributed by atoms with van der Waals surface area (Å²) in [5, 5.41) is 7.59. The number of rotatable bonds is 4. The molecule has 1 amide bonds. The molecule has 0 fully saturated rings. The maximum absolute atomic E-state index is 12.6. The first-order valence-corrected chi connectivity index (χ1v) is 8.15. The minimum Gasteiger partial charge on any atom is -0.351 e. The van der Waals surface area contributed by atoms with E-state index in [0.29, 0.717) is 11.0 Å². The van der Waals surface area contributed by atoms with Crippen LogP contribution in [0.2, 0.25) is 0 Å². The van der Waals surface area contributed by atoms with Crippen molar-refractivity contribution in [1.82, 2.24) is 24.6 Å². The van der Waals surface area contributed by atoms with Crippen molar-refractivity contribution in [3.05, 3.63) is 53.2 Å². The second kappa shape index (κ2) is 6.51. The van der Waals surface area contributed by atoms with E-state index >= 15 is 0 Å². The van der Waals surface area contributed by atoms with Crippen LogP contribution in [0.5, 0.6) is 0 Å². The molecule has 25 heavy (non-hydrogen) atoms. The topological polar surface area (TPSA) is 81.8 Å². The second-order valence-corrected chi connectivity index (χ2v) is 6.92. The maximum Gasteiger partial charge on any atom is 0.264 e. The molecule has 0 saturated carbocycles. The van der Waals surface area contributed by atoms with Crippen molar-refractivity contribution in [2.75, 3.05) is 0 Å². The summed E-state index contributed by atoms with van der Waals surface area (Å²) in [5.74, 6) is -0.0977. The van der Waals surface area contributed by atoms with E-state index in [4.69, 9.17) is 0 Å². The third kappa shape index (κ3) is 3.76. The highest BCUT2D eigenvalue weighted by atomic mass is 16.2. The highest BCUT2D eigenvalue weighted by molar-refractivity contribution is 5.77. The molecule has 3 aromatic rings. The number of benzene rings is 1. The van der Waals surface area contributed by atoms with Gasteiger partial charge < -0.3 is 5.32 Å². The highest BCUT2D eigenvalue weighted by Crippen LogP contribution is 2.13. The Morgan fingerprint density at radius 3 is 2.60 bits per heavy atom. The SMILES string of the molecule is CC(C)(C)NC(=O)CCn1cnc2c(cnn2-c2ccccc2)c1=O. The van der Waals surface area contributed by atoms with Crippen LogP contribution < -0.4 is 10.9 Å². The molecule has 2 aromatic heterocycles. The fourth-order valence-electron chi connectivity index (χ4n) is 2.57. The summed E-state index contributed by atoms with van der Waals surface area (Å²) in [7, 11) is 0. The quantitative estimate of drug-likeness (QED) is 0.787. The van der Waals surface area contributed by atoms with Crippen molar-refractivity contribution in [1.29, 1.82) is 0 Å². The standard InChI is InChI=1S/C18H21N5O2/c1-18(2,3)21-15(24)9-10-22-12-19-16-14(17(22)25)11-20-23(16)13-7-5-4-6-8-13/h4-8,11-12H,9-10H2,1-3H3,(H,21,24). The van der Waals surface area contributed by atoms with E-state index in [1.807, 2.05) is 51.1 Å². The van der Waals surface area contributed by atoms with Crippen molar-refractivity contribution in [2.24, 2.45) is 0 Å². The summed E-state index contributed by atoms with van der Waals surface area (Å²) < 4.78 is 3.08. The van der Waals surface area contributed by atoms with E-state index in [2.05, 4.69) is 15.4 Å². The van der Waals surface area contributed by atoms with E-state index in [1.165, 1.54) is 17.1 Å². The normalized spacial score (nSPS) is 11.6. The first-order chi connectivity index (χ1) is 11.8. The van der Waals surface area contributed by atoms with Crippen LogP contribution in [0.1, 0.15) is 27.2 Å². The number of hydrogen-bond acceptors (Lipinski definition) is 4. The second-order valence-electron chi connectivity index (χ2n) is 6.92. The largest absolute Gasteiger partial charge is 0.351 e. The molecule has 0 unspecified atom stereocenters. The molecule has 130 valence electrons. The molecule has 7 nitrogen and oxygen atoms in total. The molecule has 0 aliphatic carbocycles. The smallest absolute Gasteiger partial charge is 0.264 e. The van der Waals surface area contributed by atoms with Gasteiger partial charge in [-0.25, -0.2) is 9.67 Å². The fraction of sp³-hybridized carbons (Fsp3) is 0.333. The Morgan fingerprint density at radius 1 is 1.20 bits per heavy atom. The third-order valence-electron chi connectivity index (χ3n) is 3.65. The molecule has 7 heteroatoms. The highest BCUT2D eigenvalue weighted by Gasteiger charge is 2.15. The van der Waals surface area contributed by atoms with Gasteiger partial charge in [-0.1, -0.05) is 18.2 Å². The lowest BCUT2D eigenvalue weighted by Crippen LogP contribution is -2.41. The van der Waals surface area contributed by atoms with Gasteiger partial charge in [0.1, 0.15) is 5.39 Å². The molecule has 0 aliphatic heterocycles. The van der Waals surface area contributed by atoms with Crippen LogP contribution in [-0.2, 0) is 11.3 Å². The zero-order chi connectivity index (χ0) is 18.0. The molecule has 2 heterocycles. The van der Waals surface area contributed by atoms with E-state index in [-0.39, 0.29) is 30.0 Å². The van der Waals surface area contributed by atoms with Crippen LogP contribution >= 0.6 is 0 Å². The Bertz CT molecular complexity index is 951. The van der Waals surface area contributed by atoms with Crippen LogP contribution in [0, 0.1) is 0 Å².